The zero-order valence-electron chi connectivity index (χ0n) is 18.6. The minimum absolute atomic E-state index is 0.227. The molecule has 0 radical (unpaired) electrons. The fourth-order valence-electron chi connectivity index (χ4n) is 5.75. The first-order valence-electron chi connectivity index (χ1n) is 11.2. The number of carbonyl (C=O) groups is 4. The van der Waals surface area contributed by atoms with Gasteiger partial charge in [-0.2, -0.15) is 0 Å². The predicted molar refractivity (Wildman–Crippen MR) is 123 cm³/mol. The molecule has 3 aromatic rings. The highest BCUT2D eigenvalue weighted by Crippen LogP contribution is 2.57. The number of hydrogen-bond donors (Lipinski definition) is 0. The van der Waals surface area contributed by atoms with Crippen LogP contribution in [-0.4, -0.2) is 29.0 Å². The number of amides is 2. The summed E-state index contributed by atoms with van der Waals surface area (Å²) in [5.74, 6) is -4.36. The Hall–Kier alpha value is -3.90. The Bertz CT molecular complexity index is 1370. The van der Waals surface area contributed by atoms with E-state index in [2.05, 4.69) is 0 Å². The van der Waals surface area contributed by atoms with Crippen LogP contribution in [0.15, 0.2) is 72.8 Å². The van der Waals surface area contributed by atoms with Crippen LogP contribution >= 0.6 is 0 Å². The van der Waals surface area contributed by atoms with E-state index < -0.39 is 46.9 Å². The van der Waals surface area contributed by atoms with Gasteiger partial charge in [0.05, 0.1) is 23.6 Å². The van der Waals surface area contributed by atoms with Crippen LogP contribution in [0, 0.1) is 25.7 Å². The van der Waals surface area contributed by atoms with Crippen molar-refractivity contribution in [2.45, 2.75) is 25.6 Å². The number of carbonyl (C=O) groups excluding carboxylic acids is 4. The molecule has 0 N–H and O–H groups in total. The smallest absolute Gasteiger partial charge is 0.241 e. The predicted octanol–water partition coefficient (Wildman–Crippen LogP) is 4.00. The summed E-state index contributed by atoms with van der Waals surface area (Å²) in [7, 11) is 0. The molecule has 6 nitrogen and oxygen atoms in total. The number of benzene rings is 3. The van der Waals surface area contributed by atoms with Crippen molar-refractivity contribution in [3.8, 4) is 0 Å². The van der Waals surface area contributed by atoms with Gasteiger partial charge in [0.25, 0.3) is 0 Å². The minimum Gasteiger partial charge on any atom is -0.349 e. The van der Waals surface area contributed by atoms with Crippen molar-refractivity contribution in [1.82, 2.24) is 0 Å². The molecule has 2 aliphatic heterocycles. The lowest BCUT2D eigenvalue weighted by molar-refractivity contribution is -0.127. The fourth-order valence-corrected chi connectivity index (χ4v) is 5.75. The maximum Gasteiger partial charge on any atom is 0.241 e. The van der Waals surface area contributed by atoms with Gasteiger partial charge in [-0.15, -0.1) is 0 Å². The number of rotatable bonds is 2. The van der Waals surface area contributed by atoms with Crippen molar-refractivity contribution in [1.29, 1.82) is 0 Å². The van der Waals surface area contributed by atoms with Crippen LogP contribution in [-0.2, 0) is 14.3 Å². The van der Waals surface area contributed by atoms with Crippen LogP contribution in [0.4, 0.5) is 5.69 Å². The number of aryl methyl sites for hydroxylation is 2. The summed E-state index contributed by atoms with van der Waals surface area (Å²) in [6.45, 7) is 3.76. The molecule has 0 unspecified atom stereocenters. The normalized spacial score (nSPS) is 24.8. The molecule has 3 aliphatic rings. The average Bonchev–Trinajstić information content (AvgIpc) is 3.40. The highest BCUT2D eigenvalue weighted by Gasteiger charge is 2.74. The third-order valence-electron chi connectivity index (χ3n) is 7.24. The first kappa shape index (κ1) is 20.7. The van der Waals surface area contributed by atoms with Gasteiger partial charge in [-0.25, -0.2) is 4.90 Å². The van der Waals surface area contributed by atoms with Crippen molar-refractivity contribution in [2.75, 3.05) is 4.90 Å². The van der Waals surface area contributed by atoms with Crippen LogP contribution in [0.5, 0.6) is 0 Å². The molecule has 1 aliphatic carbocycles. The van der Waals surface area contributed by atoms with E-state index in [0.29, 0.717) is 11.3 Å². The molecule has 0 saturated carbocycles. The molecular weight excluding hydrogens is 430 g/mol. The van der Waals surface area contributed by atoms with E-state index in [9.17, 15) is 19.2 Å². The third kappa shape index (κ3) is 2.49. The monoisotopic (exact) mass is 451 g/mol. The van der Waals surface area contributed by atoms with Crippen LogP contribution in [0.3, 0.4) is 0 Å². The molecule has 168 valence electrons. The Morgan fingerprint density at radius 3 is 2.00 bits per heavy atom. The number of hydrogen-bond acceptors (Lipinski definition) is 5. The zero-order valence-corrected chi connectivity index (χ0v) is 18.6. The molecule has 2 fully saturated rings. The Kier molecular flexibility index (Phi) is 4.29. The fraction of sp³-hybridized carbons (Fsp3) is 0.214. The van der Waals surface area contributed by atoms with Gasteiger partial charge in [-0.1, -0.05) is 72.3 Å². The van der Waals surface area contributed by atoms with Crippen molar-refractivity contribution in [3.05, 3.63) is 101 Å². The number of anilines is 1. The first-order valence-corrected chi connectivity index (χ1v) is 11.2. The molecule has 3 aromatic carbocycles. The molecule has 6 rings (SSSR count). The first-order chi connectivity index (χ1) is 16.4. The summed E-state index contributed by atoms with van der Waals surface area (Å²) in [6, 6.07) is 21.0. The van der Waals surface area contributed by atoms with E-state index >= 15 is 0 Å². The standard InChI is InChI=1S/C28H21NO5/c1-15-12-13-20(16(2)14-15)29-26(32)21-22(27(29)33)28(34-23(21)17-8-4-3-5-9-17)24(30)18-10-6-7-11-19(18)25(28)31/h3-14,21-23H,1-2H3/t21-,22+,23-/m0/s1. The number of fused-ring (bicyclic) bond motifs is 3. The maximum absolute atomic E-state index is 13.9. The highest BCUT2D eigenvalue weighted by molar-refractivity contribution is 6.37. The Morgan fingerprint density at radius 1 is 0.765 bits per heavy atom. The van der Waals surface area contributed by atoms with E-state index in [1.165, 1.54) is 0 Å². The van der Waals surface area contributed by atoms with Gasteiger partial charge in [0.2, 0.25) is 29.0 Å². The molecule has 2 saturated heterocycles. The van der Waals surface area contributed by atoms with Crippen LogP contribution in [0.1, 0.15) is 43.5 Å². The molecule has 6 heteroatoms. The van der Waals surface area contributed by atoms with Crippen LogP contribution < -0.4 is 4.90 Å². The van der Waals surface area contributed by atoms with E-state index in [4.69, 9.17) is 4.74 Å². The van der Waals surface area contributed by atoms with Gasteiger partial charge in [-0.3, -0.25) is 19.2 Å². The summed E-state index contributed by atoms with van der Waals surface area (Å²) in [5, 5.41) is 0. The lowest BCUT2D eigenvalue weighted by Gasteiger charge is -2.27. The molecule has 2 amide bonds. The molecule has 0 aromatic heterocycles. The SMILES string of the molecule is Cc1ccc(N2C(=O)[C@@H]3[C@H](c4ccccc4)OC4(C(=O)c5ccccc5C4=O)[C@H]3C2=O)c(C)c1. The lowest BCUT2D eigenvalue weighted by Crippen LogP contribution is -2.51. The second-order valence-electron chi connectivity index (χ2n) is 9.19. The van der Waals surface area contributed by atoms with Crippen molar-refractivity contribution in [3.63, 3.8) is 0 Å². The number of imide groups is 1. The molecule has 2 heterocycles. The van der Waals surface area contributed by atoms with E-state index in [0.717, 1.165) is 16.0 Å². The minimum atomic E-state index is -2.05. The van der Waals surface area contributed by atoms with E-state index in [1.54, 1.807) is 54.6 Å². The Labute approximate surface area is 196 Å². The number of ether oxygens (including phenoxy) is 1. The molecule has 34 heavy (non-hydrogen) atoms. The summed E-state index contributed by atoms with van der Waals surface area (Å²) in [4.78, 5) is 56.4. The summed E-state index contributed by atoms with van der Waals surface area (Å²) in [5.41, 5.74) is 1.28. The molecule has 3 atom stereocenters. The quantitative estimate of drug-likeness (QED) is 0.435. The van der Waals surface area contributed by atoms with Crippen molar-refractivity contribution in [2.24, 2.45) is 11.8 Å². The second kappa shape index (κ2) is 7.05. The summed E-state index contributed by atoms with van der Waals surface area (Å²) >= 11 is 0. The van der Waals surface area contributed by atoms with Crippen molar-refractivity contribution >= 4 is 29.1 Å². The zero-order chi connectivity index (χ0) is 23.8. The Morgan fingerprint density at radius 2 is 1.38 bits per heavy atom. The van der Waals surface area contributed by atoms with Gasteiger partial charge >= 0.3 is 0 Å². The largest absolute Gasteiger partial charge is 0.349 e. The number of nitrogens with zero attached hydrogens (tertiary/aromatic N) is 1. The maximum atomic E-state index is 13.9. The number of Topliss-reactive ketones (excluding diaryl/α,β-unsaturated/α-hetero) is 2. The molecule has 0 bridgehead atoms. The molecule has 1 spiro atoms. The van der Waals surface area contributed by atoms with Gasteiger partial charge in [0.15, 0.2) is 0 Å². The van der Waals surface area contributed by atoms with E-state index in [-0.39, 0.29) is 11.1 Å². The van der Waals surface area contributed by atoms with Gasteiger partial charge < -0.3 is 4.74 Å². The molecular formula is C28H21NO5. The van der Waals surface area contributed by atoms with E-state index in [1.807, 2.05) is 32.0 Å². The van der Waals surface area contributed by atoms with Crippen LogP contribution in [0.25, 0.3) is 0 Å². The average molecular weight is 451 g/mol. The van der Waals surface area contributed by atoms with Gasteiger partial charge in [-0.05, 0) is 31.0 Å². The van der Waals surface area contributed by atoms with Gasteiger partial charge in [0, 0.05) is 11.1 Å². The van der Waals surface area contributed by atoms with Gasteiger partial charge in [0.1, 0.15) is 0 Å². The highest BCUT2D eigenvalue weighted by atomic mass is 16.5. The summed E-state index contributed by atoms with van der Waals surface area (Å²) < 4.78 is 6.28. The lowest BCUT2D eigenvalue weighted by atomic mass is 9.77. The Balaban J connectivity index is 1.56. The van der Waals surface area contributed by atoms with Crippen LogP contribution in [0.2, 0.25) is 0 Å². The second-order valence-corrected chi connectivity index (χ2v) is 9.19. The summed E-state index contributed by atoms with van der Waals surface area (Å²) in [6.07, 6.45) is -0.902. The third-order valence-corrected chi connectivity index (χ3v) is 7.24. The van der Waals surface area contributed by atoms with Crippen molar-refractivity contribution < 1.29 is 23.9 Å². The number of ketones is 2. The topological polar surface area (TPSA) is 80.8 Å².